The van der Waals surface area contributed by atoms with E-state index in [4.69, 9.17) is 9.47 Å². The van der Waals surface area contributed by atoms with Gasteiger partial charge >= 0.3 is 5.97 Å². The van der Waals surface area contributed by atoms with Crippen LogP contribution in [0.15, 0.2) is 30.3 Å². The van der Waals surface area contributed by atoms with Crippen LogP contribution in [0, 0.1) is 5.92 Å². The van der Waals surface area contributed by atoms with E-state index in [1.807, 2.05) is 37.3 Å². The highest BCUT2D eigenvalue weighted by Gasteiger charge is 2.42. The van der Waals surface area contributed by atoms with Gasteiger partial charge in [-0.05, 0) is 33.3 Å². The third-order valence-corrected chi connectivity index (χ3v) is 3.82. The van der Waals surface area contributed by atoms with Gasteiger partial charge in [0.1, 0.15) is 17.3 Å². The zero-order chi connectivity index (χ0) is 17.7. The zero-order valence-corrected chi connectivity index (χ0v) is 14.9. The molecule has 1 unspecified atom stereocenters. The highest BCUT2D eigenvalue weighted by molar-refractivity contribution is 6.00. The average Bonchev–Trinajstić information content (AvgIpc) is 2.45. The molecule has 0 spiro atoms. The minimum atomic E-state index is -0.809. The van der Waals surface area contributed by atoms with Crippen molar-refractivity contribution in [3.63, 3.8) is 0 Å². The Balaban J connectivity index is 1.99. The van der Waals surface area contributed by atoms with Crippen molar-refractivity contribution in [1.82, 2.24) is 5.32 Å². The lowest BCUT2D eigenvalue weighted by Crippen LogP contribution is -2.56. The van der Waals surface area contributed by atoms with Crippen molar-refractivity contribution in [3.8, 4) is 0 Å². The second-order valence-corrected chi connectivity index (χ2v) is 7.36. The van der Waals surface area contributed by atoms with Crippen molar-refractivity contribution >= 4 is 11.8 Å². The molecule has 1 aromatic carbocycles. The molecule has 132 valence electrons. The Morgan fingerprint density at radius 2 is 1.92 bits per heavy atom. The van der Waals surface area contributed by atoms with E-state index in [9.17, 15) is 9.59 Å². The Hall–Kier alpha value is -1.72. The van der Waals surface area contributed by atoms with Gasteiger partial charge in [0.25, 0.3) is 0 Å². The number of piperidine rings is 1. The molecule has 0 bridgehead atoms. The Labute approximate surface area is 143 Å². The number of nitrogens with one attached hydrogen (secondary N) is 1. The molecule has 0 aliphatic carbocycles. The van der Waals surface area contributed by atoms with E-state index in [-0.39, 0.29) is 24.5 Å². The van der Waals surface area contributed by atoms with Crippen molar-refractivity contribution in [2.24, 2.45) is 5.92 Å². The van der Waals surface area contributed by atoms with Crippen molar-refractivity contribution < 1.29 is 19.1 Å². The summed E-state index contributed by atoms with van der Waals surface area (Å²) in [5, 5.41) is 3.30. The van der Waals surface area contributed by atoms with E-state index in [2.05, 4.69) is 5.32 Å². The average molecular weight is 333 g/mol. The van der Waals surface area contributed by atoms with E-state index in [1.165, 1.54) is 0 Å². The van der Waals surface area contributed by atoms with Gasteiger partial charge in [0.15, 0.2) is 0 Å². The minimum absolute atomic E-state index is 0.0292. The van der Waals surface area contributed by atoms with E-state index in [0.717, 1.165) is 5.56 Å². The molecule has 0 aromatic heterocycles. The van der Waals surface area contributed by atoms with E-state index in [0.29, 0.717) is 13.0 Å². The largest absolute Gasteiger partial charge is 0.459 e. The van der Waals surface area contributed by atoms with E-state index >= 15 is 0 Å². The lowest BCUT2D eigenvalue weighted by molar-refractivity contribution is -0.165. The Morgan fingerprint density at radius 3 is 2.54 bits per heavy atom. The fourth-order valence-electron chi connectivity index (χ4n) is 2.86. The number of ketones is 1. The van der Waals surface area contributed by atoms with Crippen LogP contribution >= 0.6 is 0 Å². The highest BCUT2D eigenvalue weighted by atomic mass is 16.6. The zero-order valence-electron chi connectivity index (χ0n) is 14.9. The number of rotatable bonds is 5. The Morgan fingerprint density at radius 1 is 1.25 bits per heavy atom. The van der Waals surface area contributed by atoms with Crippen LogP contribution in [0.3, 0.4) is 0 Å². The maximum absolute atomic E-state index is 12.4. The van der Waals surface area contributed by atoms with Gasteiger partial charge < -0.3 is 14.8 Å². The van der Waals surface area contributed by atoms with Crippen LogP contribution in [0.5, 0.6) is 0 Å². The Bertz CT molecular complexity index is 564. The van der Waals surface area contributed by atoms with Crippen LogP contribution < -0.4 is 5.32 Å². The van der Waals surface area contributed by atoms with Gasteiger partial charge in [-0.25, -0.2) is 0 Å². The molecule has 1 aromatic rings. The molecule has 1 saturated heterocycles. The molecule has 24 heavy (non-hydrogen) atoms. The van der Waals surface area contributed by atoms with Gasteiger partial charge in [0, 0.05) is 12.5 Å². The molecular formula is C19H27NO4. The molecule has 1 fully saturated rings. The van der Waals surface area contributed by atoms with Gasteiger partial charge in [-0.1, -0.05) is 30.3 Å². The molecule has 1 aliphatic heterocycles. The number of benzene rings is 1. The summed E-state index contributed by atoms with van der Waals surface area (Å²) in [6.45, 7) is 8.07. The molecule has 2 rings (SSSR count). The number of ether oxygens (including phenoxy) is 2. The van der Waals surface area contributed by atoms with Crippen LogP contribution in [-0.2, 0) is 25.7 Å². The monoisotopic (exact) mass is 333 g/mol. The smallest absolute Gasteiger partial charge is 0.318 e. The van der Waals surface area contributed by atoms with Crippen LogP contribution in [0.4, 0.5) is 0 Å². The van der Waals surface area contributed by atoms with Crippen LogP contribution in [0.25, 0.3) is 0 Å². The third kappa shape index (κ3) is 5.42. The number of carbonyl (C=O) groups is 2. The van der Waals surface area contributed by atoms with E-state index in [1.54, 1.807) is 20.8 Å². The summed E-state index contributed by atoms with van der Waals surface area (Å²) in [5.74, 6) is -1.36. The second kappa shape index (κ2) is 7.90. The SMILES string of the molecule is C[C@H]1CC(=O)C(C(=O)OC(C)(C)C)[C@@H](COCc2ccccc2)N1. The van der Waals surface area contributed by atoms with Crippen LogP contribution in [0.2, 0.25) is 0 Å². The van der Waals surface area contributed by atoms with Crippen molar-refractivity contribution in [2.75, 3.05) is 6.61 Å². The van der Waals surface area contributed by atoms with Crippen LogP contribution in [-0.4, -0.2) is 36.0 Å². The lowest BCUT2D eigenvalue weighted by Gasteiger charge is -2.35. The lowest BCUT2D eigenvalue weighted by atomic mass is 9.86. The topological polar surface area (TPSA) is 64.6 Å². The predicted octanol–water partition coefficient (Wildman–Crippen LogP) is 2.48. The molecule has 0 radical (unpaired) electrons. The summed E-state index contributed by atoms with van der Waals surface area (Å²) in [4.78, 5) is 24.8. The summed E-state index contributed by atoms with van der Waals surface area (Å²) in [5.41, 5.74) is 0.442. The maximum atomic E-state index is 12.4. The first-order chi connectivity index (χ1) is 11.3. The summed E-state index contributed by atoms with van der Waals surface area (Å²) in [7, 11) is 0. The van der Waals surface area contributed by atoms with Gasteiger partial charge in [-0.15, -0.1) is 0 Å². The second-order valence-electron chi connectivity index (χ2n) is 7.36. The molecule has 5 nitrogen and oxygen atoms in total. The van der Waals surface area contributed by atoms with Crippen molar-refractivity contribution in [2.45, 2.75) is 58.4 Å². The maximum Gasteiger partial charge on any atom is 0.318 e. The van der Waals surface area contributed by atoms with Crippen LogP contribution in [0.1, 0.15) is 39.7 Å². The van der Waals surface area contributed by atoms with Gasteiger partial charge in [0.2, 0.25) is 0 Å². The summed E-state index contributed by atoms with van der Waals surface area (Å²) in [6, 6.07) is 9.48. The van der Waals surface area contributed by atoms with Crippen molar-refractivity contribution in [1.29, 1.82) is 0 Å². The fraction of sp³-hybridized carbons (Fsp3) is 0.579. The molecule has 1 aliphatic rings. The van der Waals surface area contributed by atoms with E-state index < -0.39 is 17.5 Å². The quantitative estimate of drug-likeness (QED) is 0.662. The first-order valence-electron chi connectivity index (χ1n) is 8.39. The number of hydrogen-bond donors (Lipinski definition) is 1. The van der Waals surface area contributed by atoms with Crippen molar-refractivity contribution in [3.05, 3.63) is 35.9 Å². The summed E-state index contributed by atoms with van der Waals surface area (Å²) >= 11 is 0. The molecule has 1 N–H and O–H groups in total. The Kier molecular flexibility index (Phi) is 6.13. The first kappa shape index (κ1) is 18.6. The van der Waals surface area contributed by atoms with Gasteiger partial charge in [-0.2, -0.15) is 0 Å². The normalized spacial score (nSPS) is 24.7. The molecular weight excluding hydrogens is 306 g/mol. The minimum Gasteiger partial charge on any atom is -0.459 e. The standard InChI is InChI=1S/C19H27NO4/c1-13-10-16(21)17(18(22)24-19(2,3)4)15(20-13)12-23-11-14-8-6-5-7-9-14/h5-9,13,15,17,20H,10-12H2,1-4H3/t13-,15+,17?/m0/s1. The molecule has 0 amide bonds. The number of hydrogen-bond acceptors (Lipinski definition) is 5. The fourth-order valence-corrected chi connectivity index (χ4v) is 2.86. The predicted molar refractivity (Wildman–Crippen MR) is 91.4 cm³/mol. The summed E-state index contributed by atoms with van der Waals surface area (Å²) < 4.78 is 11.2. The third-order valence-electron chi connectivity index (χ3n) is 3.82. The molecule has 3 atom stereocenters. The van der Waals surface area contributed by atoms with Gasteiger partial charge in [-0.3, -0.25) is 9.59 Å². The molecule has 0 saturated carbocycles. The van der Waals surface area contributed by atoms with Gasteiger partial charge in [0.05, 0.1) is 19.3 Å². The molecule has 5 heteroatoms. The first-order valence-corrected chi connectivity index (χ1v) is 8.39. The molecule has 1 heterocycles. The number of esters is 1. The summed E-state index contributed by atoms with van der Waals surface area (Å²) in [6.07, 6.45) is 0.332. The number of Topliss-reactive ketones (excluding diaryl/α,β-unsaturated/α-hetero) is 1. The highest BCUT2D eigenvalue weighted by Crippen LogP contribution is 2.22. The number of carbonyl (C=O) groups excluding carboxylic acids is 2.